The van der Waals surface area contributed by atoms with Crippen LogP contribution in [0.2, 0.25) is 0 Å². The lowest BCUT2D eigenvalue weighted by Gasteiger charge is -2.22. The smallest absolute Gasteiger partial charge is 0.275 e. The lowest BCUT2D eigenvalue weighted by molar-refractivity contribution is 0.105. The molecule has 1 heterocycles. The molecule has 0 aliphatic rings. The van der Waals surface area contributed by atoms with Crippen LogP contribution >= 0.6 is 11.3 Å². The van der Waals surface area contributed by atoms with Crippen molar-refractivity contribution in [3.63, 3.8) is 0 Å². The molecule has 1 aromatic heterocycles. The average Bonchev–Trinajstić information content (AvgIpc) is 2.35. The average molecular weight is 186 g/mol. The molecular formula is C8H14N2OS. The van der Waals surface area contributed by atoms with E-state index in [-0.39, 0.29) is 5.60 Å². The van der Waals surface area contributed by atoms with Gasteiger partial charge in [-0.2, -0.15) is 0 Å². The number of hydrogen-bond donors (Lipinski definition) is 1. The zero-order valence-corrected chi connectivity index (χ0v) is 8.44. The fourth-order valence-corrected chi connectivity index (χ4v) is 1.31. The summed E-state index contributed by atoms with van der Waals surface area (Å²) < 4.78 is 5.60. The third-order valence-corrected chi connectivity index (χ3v) is 2.42. The van der Waals surface area contributed by atoms with Crippen LogP contribution in [-0.2, 0) is 0 Å². The summed E-state index contributed by atoms with van der Waals surface area (Å²) in [5, 5.41) is 1.34. The van der Waals surface area contributed by atoms with Gasteiger partial charge in [-0.25, -0.2) is 4.98 Å². The van der Waals surface area contributed by atoms with Gasteiger partial charge in [0.1, 0.15) is 10.6 Å². The van der Waals surface area contributed by atoms with Crippen molar-refractivity contribution in [1.29, 1.82) is 0 Å². The molecule has 12 heavy (non-hydrogen) atoms. The van der Waals surface area contributed by atoms with E-state index >= 15 is 0 Å². The second-order valence-electron chi connectivity index (χ2n) is 3.24. The first-order valence-electron chi connectivity index (χ1n) is 3.94. The van der Waals surface area contributed by atoms with Crippen molar-refractivity contribution in [3.8, 4) is 5.19 Å². The van der Waals surface area contributed by atoms with Gasteiger partial charge >= 0.3 is 0 Å². The lowest BCUT2D eigenvalue weighted by Crippen LogP contribution is -2.26. The summed E-state index contributed by atoms with van der Waals surface area (Å²) in [6.07, 6.45) is 2.57. The minimum atomic E-state index is -0.149. The molecule has 0 bridgehead atoms. The molecule has 0 atom stereocenters. The molecule has 0 saturated carbocycles. The van der Waals surface area contributed by atoms with Gasteiger partial charge in [-0.3, -0.25) is 0 Å². The van der Waals surface area contributed by atoms with E-state index in [9.17, 15) is 0 Å². The third-order valence-electron chi connectivity index (χ3n) is 1.72. The number of aromatic nitrogens is 1. The van der Waals surface area contributed by atoms with Gasteiger partial charge in [-0.15, -0.1) is 0 Å². The number of ether oxygens (including phenoxy) is 1. The first-order chi connectivity index (χ1) is 5.53. The van der Waals surface area contributed by atoms with E-state index in [0.717, 1.165) is 6.42 Å². The molecule has 1 rings (SSSR count). The number of anilines is 1. The summed E-state index contributed by atoms with van der Waals surface area (Å²) in [7, 11) is 0. The quantitative estimate of drug-likeness (QED) is 0.788. The number of thiazole rings is 1. The Bertz CT molecular complexity index is 257. The van der Waals surface area contributed by atoms with Crippen LogP contribution in [0.1, 0.15) is 27.2 Å². The van der Waals surface area contributed by atoms with Gasteiger partial charge in [0.2, 0.25) is 0 Å². The van der Waals surface area contributed by atoms with Gasteiger partial charge in [0.25, 0.3) is 5.19 Å². The Hall–Kier alpha value is -0.770. The van der Waals surface area contributed by atoms with Crippen molar-refractivity contribution in [2.45, 2.75) is 32.8 Å². The minimum absolute atomic E-state index is 0.149. The van der Waals surface area contributed by atoms with Gasteiger partial charge in [-0.1, -0.05) is 18.3 Å². The highest BCUT2D eigenvalue weighted by Gasteiger charge is 2.18. The molecule has 4 heteroatoms. The maximum atomic E-state index is 5.60. The third kappa shape index (κ3) is 2.37. The summed E-state index contributed by atoms with van der Waals surface area (Å²) in [5.74, 6) is 0. The first-order valence-corrected chi connectivity index (χ1v) is 4.75. The molecule has 1 aromatic rings. The number of hydrogen-bond acceptors (Lipinski definition) is 4. The SMILES string of the molecule is CCC(C)(C)Oc1ncc(N)s1. The van der Waals surface area contributed by atoms with Gasteiger partial charge < -0.3 is 10.5 Å². The minimum Gasteiger partial charge on any atom is -0.464 e. The molecular weight excluding hydrogens is 172 g/mol. The highest BCUT2D eigenvalue weighted by atomic mass is 32.1. The van der Waals surface area contributed by atoms with E-state index < -0.39 is 0 Å². The van der Waals surface area contributed by atoms with Crippen molar-refractivity contribution < 1.29 is 4.74 Å². The van der Waals surface area contributed by atoms with Crippen molar-refractivity contribution in [2.24, 2.45) is 0 Å². The summed E-state index contributed by atoms with van der Waals surface area (Å²) in [5.41, 5.74) is 5.37. The summed E-state index contributed by atoms with van der Waals surface area (Å²) >= 11 is 1.37. The molecule has 0 aliphatic carbocycles. The Morgan fingerprint density at radius 3 is 2.75 bits per heavy atom. The first kappa shape index (κ1) is 9.32. The summed E-state index contributed by atoms with van der Waals surface area (Å²) in [6.45, 7) is 6.14. The number of nitrogens with zero attached hydrogens (tertiary/aromatic N) is 1. The maximum Gasteiger partial charge on any atom is 0.275 e. The molecule has 2 N–H and O–H groups in total. The Labute approximate surface area is 76.6 Å². The number of nitrogen functional groups attached to an aromatic ring is 1. The molecule has 0 radical (unpaired) electrons. The summed E-state index contributed by atoms with van der Waals surface area (Å²) in [6, 6.07) is 0. The van der Waals surface area contributed by atoms with Crippen molar-refractivity contribution in [1.82, 2.24) is 4.98 Å². The normalized spacial score (nSPS) is 11.6. The van der Waals surface area contributed by atoms with E-state index in [2.05, 4.69) is 11.9 Å². The maximum absolute atomic E-state index is 5.60. The highest BCUT2D eigenvalue weighted by Crippen LogP contribution is 2.26. The second-order valence-corrected chi connectivity index (χ2v) is 4.27. The Morgan fingerprint density at radius 1 is 1.67 bits per heavy atom. The second kappa shape index (κ2) is 3.31. The van der Waals surface area contributed by atoms with Crippen LogP contribution in [0.4, 0.5) is 5.00 Å². The van der Waals surface area contributed by atoms with Crippen LogP contribution in [0, 0.1) is 0 Å². The molecule has 3 nitrogen and oxygen atoms in total. The van der Waals surface area contributed by atoms with Crippen LogP contribution in [-0.4, -0.2) is 10.6 Å². The van der Waals surface area contributed by atoms with Gasteiger partial charge in [0.05, 0.1) is 6.20 Å². The van der Waals surface area contributed by atoms with Gasteiger partial charge in [0, 0.05) is 0 Å². The molecule has 0 aromatic carbocycles. The molecule has 0 spiro atoms. The van der Waals surface area contributed by atoms with Crippen LogP contribution in [0.5, 0.6) is 5.19 Å². The zero-order valence-electron chi connectivity index (χ0n) is 7.63. The molecule has 0 amide bonds. The molecule has 0 saturated heterocycles. The Balaban J connectivity index is 2.63. The van der Waals surface area contributed by atoms with Crippen LogP contribution in [0.3, 0.4) is 0 Å². The Kier molecular flexibility index (Phi) is 2.57. The highest BCUT2D eigenvalue weighted by molar-refractivity contribution is 7.17. The lowest BCUT2D eigenvalue weighted by atomic mass is 10.1. The zero-order chi connectivity index (χ0) is 9.19. The predicted molar refractivity (Wildman–Crippen MR) is 51.5 cm³/mol. The van der Waals surface area contributed by atoms with Crippen LogP contribution in [0.25, 0.3) is 0 Å². The van der Waals surface area contributed by atoms with Crippen molar-refractivity contribution >= 4 is 16.3 Å². The monoisotopic (exact) mass is 186 g/mol. The van der Waals surface area contributed by atoms with Crippen LogP contribution in [0.15, 0.2) is 6.20 Å². The van der Waals surface area contributed by atoms with Gasteiger partial charge in [-0.05, 0) is 20.3 Å². The van der Waals surface area contributed by atoms with E-state index in [4.69, 9.17) is 10.5 Å². The van der Waals surface area contributed by atoms with Crippen LogP contribution < -0.4 is 10.5 Å². The fraction of sp³-hybridized carbons (Fsp3) is 0.625. The molecule has 0 aliphatic heterocycles. The van der Waals surface area contributed by atoms with E-state index in [1.165, 1.54) is 11.3 Å². The number of nitrogens with two attached hydrogens (primary N) is 1. The van der Waals surface area contributed by atoms with E-state index in [1.807, 2.05) is 13.8 Å². The standard InChI is InChI=1S/C8H14N2OS/c1-4-8(2,3)11-7-10-5-6(9)12-7/h5H,4,9H2,1-3H3. The Morgan fingerprint density at radius 2 is 2.33 bits per heavy atom. The van der Waals surface area contributed by atoms with Crippen molar-refractivity contribution in [2.75, 3.05) is 5.73 Å². The number of rotatable bonds is 3. The topological polar surface area (TPSA) is 48.1 Å². The molecule has 0 fully saturated rings. The predicted octanol–water partition coefficient (Wildman–Crippen LogP) is 2.29. The fourth-order valence-electron chi connectivity index (χ4n) is 0.626. The molecule has 0 unspecified atom stereocenters. The van der Waals surface area contributed by atoms with E-state index in [0.29, 0.717) is 10.2 Å². The molecule has 68 valence electrons. The van der Waals surface area contributed by atoms with Gasteiger partial charge in [0.15, 0.2) is 0 Å². The largest absolute Gasteiger partial charge is 0.464 e. The summed E-state index contributed by atoms with van der Waals surface area (Å²) in [4.78, 5) is 4.02. The van der Waals surface area contributed by atoms with Crippen molar-refractivity contribution in [3.05, 3.63) is 6.20 Å². The van der Waals surface area contributed by atoms with E-state index in [1.54, 1.807) is 6.20 Å².